The maximum Gasteiger partial charge on any atom is -0.0238 e. The molecule has 3 unspecified atom stereocenters. The first-order valence-corrected chi connectivity index (χ1v) is 11.3. The molecular weight excluding hydrogens is 288 g/mol. The van der Waals surface area contributed by atoms with E-state index in [1.807, 2.05) is 0 Å². The first-order chi connectivity index (χ1) is 11.3. The van der Waals surface area contributed by atoms with Gasteiger partial charge in [-0.05, 0) is 78.9 Å². The third-order valence-electron chi connectivity index (χ3n) is 8.93. The summed E-state index contributed by atoms with van der Waals surface area (Å²) in [5.74, 6) is 4.83. The van der Waals surface area contributed by atoms with Crippen molar-refractivity contribution in [2.45, 2.75) is 113 Å². The first kappa shape index (κ1) is 20.3. The molecule has 0 heterocycles. The van der Waals surface area contributed by atoms with Gasteiger partial charge < -0.3 is 0 Å². The Morgan fingerprint density at radius 2 is 1.71 bits per heavy atom. The summed E-state index contributed by atoms with van der Waals surface area (Å²) in [4.78, 5) is 0. The van der Waals surface area contributed by atoms with E-state index < -0.39 is 0 Å². The van der Waals surface area contributed by atoms with Crippen LogP contribution in [0, 0.1) is 40.4 Å². The van der Waals surface area contributed by atoms with E-state index in [-0.39, 0.29) is 0 Å². The second-order valence-electron chi connectivity index (χ2n) is 10.4. The summed E-state index contributed by atoms with van der Waals surface area (Å²) in [6.45, 7) is 17.4. The molecule has 0 amide bonds. The Morgan fingerprint density at radius 3 is 2.21 bits per heavy atom. The van der Waals surface area contributed by atoms with Crippen LogP contribution in [0.1, 0.15) is 113 Å². The fraction of sp³-hybridized carbons (Fsp3) is 1.00. The summed E-state index contributed by atoms with van der Waals surface area (Å²) in [5.41, 5.74) is 1.28. The topological polar surface area (TPSA) is 0 Å². The minimum atomic E-state index is 0.589. The highest BCUT2D eigenvalue weighted by molar-refractivity contribution is 5.05. The van der Waals surface area contributed by atoms with E-state index >= 15 is 0 Å². The SMILES string of the molecule is CCCC(CC1CCC2(C(C)(CC)CC)CC(C2)C(C)C1)C(C)C. The molecule has 0 aliphatic heterocycles. The molecule has 3 saturated carbocycles. The number of fused-ring (bicyclic) bond motifs is 4. The van der Waals surface area contributed by atoms with Gasteiger partial charge in [0.05, 0.1) is 0 Å². The second kappa shape index (κ2) is 8.13. The maximum atomic E-state index is 2.61. The lowest BCUT2D eigenvalue weighted by molar-refractivity contribution is -0.116. The molecule has 0 aromatic heterocycles. The zero-order valence-electron chi connectivity index (χ0n) is 18.0. The highest BCUT2D eigenvalue weighted by atomic mass is 14.6. The maximum absolute atomic E-state index is 2.61. The van der Waals surface area contributed by atoms with Crippen LogP contribution in [0.2, 0.25) is 0 Å². The quantitative estimate of drug-likeness (QED) is 0.420. The highest BCUT2D eigenvalue weighted by Crippen LogP contribution is 2.65. The van der Waals surface area contributed by atoms with Crippen molar-refractivity contribution >= 4 is 0 Å². The molecule has 0 spiro atoms. The number of rotatable bonds is 8. The van der Waals surface area contributed by atoms with Gasteiger partial charge in [0.15, 0.2) is 0 Å². The summed E-state index contributed by atoms with van der Waals surface area (Å²) in [7, 11) is 0. The molecule has 0 heteroatoms. The molecule has 3 atom stereocenters. The van der Waals surface area contributed by atoms with Crippen molar-refractivity contribution in [1.82, 2.24) is 0 Å². The minimum Gasteiger partial charge on any atom is -0.0654 e. The molecular formula is C24H46. The van der Waals surface area contributed by atoms with E-state index in [4.69, 9.17) is 0 Å². The summed E-state index contributed by atoms with van der Waals surface area (Å²) in [5, 5.41) is 0. The zero-order valence-corrected chi connectivity index (χ0v) is 18.0. The van der Waals surface area contributed by atoms with Crippen molar-refractivity contribution < 1.29 is 0 Å². The third kappa shape index (κ3) is 3.88. The van der Waals surface area contributed by atoms with Crippen molar-refractivity contribution in [3.05, 3.63) is 0 Å². The molecule has 0 nitrogen and oxygen atoms in total. The molecule has 142 valence electrons. The van der Waals surface area contributed by atoms with Crippen molar-refractivity contribution in [2.75, 3.05) is 0 Å². The molecule has 3 rings (SSSR count). The van der Waals surface area contributed by atoms with Crippen LogP contribution in [0.15, 0.2) is 0 Å². The van der Waals surface area contributed by atoms with Gasteiger partial charge in [-0.25, -0.2) is 0 Å². The monoisotopic (exact) mass is 334 g/mol. The van der Waals surface area contributed by atoms with E-state index in [9.17, 15) is 0 Å². The Kier molecular flexibility index (Phi) is 6.88. The first-order valence-electron chi connectivity index (χ1n) is 11.3. The summed E-state index contributed by atoms with van der Waals surface area (Å²) in [6, 6.07) is 0. The zero-order chi connectivity index (χ0) is 18.0. The van der Waals surface area contributed by atoms with Gasteiger partial charge >= 0.3 is 0 Å². The van der Waals surface area contributed by atoms with E-state index in [0.29, 0.717) is 10.8 Å². The van der Waals surface area contributed by atoms with Crippen molar-refractivity contribution in [2.24, 2.45) is 40.4 Å². The normalized spacial score (nSPS) is 35.2. The van der Waals surface area contributed by atoms with E-state index in [2.05, 4.69) is 48.5 Å². The largest absolute Gasteiger partial charge is 0.0654 e. The molecule has 0 aromatic carbocycles. The van der Waals surface area contributed by atoms with Crippen molar-refractivity contribution in [3.8, 4) is 0 Å². The Labute approximate surface area is 153 Å². The van der Waals surface area contributed by atoms with Crippen LogP contribution in [0.4, 0.5) is 0 Å². The summed E-state index contributed by atoms with van der Waals surface area (Å²) < 4.78 is 0. The molecule has 3 fully saturated rings. The number of hydrogen-bond acceptors (Lipinski definition) is 0. The van der Waals surface area contributed by atoms with Crippen molar-refractivity contribution in [3.63, 3.8) is 0 Å². The minimum absolute atomic E-state index is 0.589. The van der Waals surface area contributed by atoms with E-state index in [0.717, 1.165) is 29.6 Å². The average molecular weight is 335 g/mol. The van der Waals surface area contributed by atoms with Gasteiger partial charge in [0.25, 0.3) is 0 Å². The van der Waals surface area contributed by atoms with Crippen LogP contribution in [0.3, 0.4) is 0 Å². The fourth-order valence-electron chi connectivity index (χ4n) is 6.40. The molecule has 3 aliphatic carbocycles. The third-order valence-corrected chi connectivity index (χ3v) is 8.93. The molecule has 3 aliphatic rings. The van der Waals surface area contributed by atoms with Gasteiger partial charge in [-0.1, -0.05) is 74.1 Å². The van der Waals surface area contributed by atoms with Gasteiger partial charge in [-0.15, -0.1) is 0 Å². The predicted octanol–water partition coefficient (Wildman–Crippen LogP) is 8.11. The van der Waals surface area contributed by atoms with Gasteiger partial charge in [-0.2, -0.15) is 0 Å². The lowest BCUT2D eigenvalue weighted by Gasteiger charge is -2.62. The predicted molar refractivity (Wildman–Crippen MR) is 108 cm³/mol. The van der Waals surface area contributed by atoms with Crippen LogP contribution in [0.5, 0.6) is 0 Å². The van der Waals surface area contributed by atoms with Crippen LogP contribution < -0.4 is 0 Å². The number of hydrogen-bond donors (Lipinski definition) is 0. The molecule has 0 radical (unpaired) electrons. The van der Waals surface area contributed by atoms with Gasteiger partial charge in [0, 0.05) is 0 Å². The summed E-state index contributed by atoms with van der Waals surface area (Å²) in [6.07, 6.45) is 14.7. The molecule has 0 aromatic rings. The smallest absolute Gasteiger partial charge is 0.0238 e. The second-order valence-corrected chi connectivity index (χ2v) is 10.4. The van der Waals surface area contributed by atoms with E-state index in [1.54, 1.807) is 12.8 Å². The fourth-order valence-corrected chi connectivity index (χ4v) is 6.40. The van der Waals surface area contributed by atoms with Crippen LogP contribution in [-0.4, -0.2) is 0 Å². The molecule has 2 bridgehead atoms. The van der Waals surface area contributed by atoms with Gasteiger partial charge in [0.2, 0.25) is 0 Å². The molecule has 0 N–H and O–H groups in total. The van der Waals surface area contributed by atoms with Gasteiger partial charge in [0.1, 0.15) is 0 Å². The Morgan fingerprint density at radius 1 is 1.08 bits per heavy atom. The van der Waals surface area contributed by atoms with Crippen molar-refractivity contribution in [1.29, 1.82) is 0 Å². The Hall–Kier alpha value is 0. The summed E-state index contributed by atoms with van der Waals surface area (Å²) >= 11 is 0. The van der Waals surface area contributed by atoms with E-state index in [1.165, 1.54) is 51.4 Å². The van der Waals surface area contributed by atoms with Crippen LogP contribution in [-0.2, 0) is 0 Å². The van der Waals surface area contributed by atoms with Gasteiger partial charge in [-0.3, -0.25) is 0 Å². The van der Waals surface area contributed by atoms with Crippen LogP contribution >= 0.6 is 0 Å². The lowest BCUT2D eigenvalue weighted by Crippen LogP contribution is -2.52. The highest BCUT2D eigenvalue weighted by Gasteiger charge is 2.55. The molecule has 0 saturated heterocycles. The Balaban J connectivity index is 2.08. The standard InChI is InChI=1S/C24H46/c1-8-11-21(18(4)5)15-20-12-13-24(23(7,9-2)10-3)16-22(17-24)19(6)14-20/h18-22H,8-17H2,1-7H3. The Bertz CT molecular complexity index is 369. The lowest BCUT2D eigenvalue weighted by atomic mass is 9.43. The average Bonchev–Trinajstić information content (AvgIpc) is 2.50. The van der Waals surface area contributed by atoms with Crippen LogP contribution in [0.25, 0.3) is 0 Å². The molecule has 24 heavy (non-hydrogen) atoms.